The molecule has 0 saturated carbocycles. The highest BCUT2D eigenvalue weighted by Crippen LogP contribution is 2.13. The summed E-state index contributed by atoms with van der Waals surface area (Å²) in [6.07, 6.45) is 1.46. The Labute approximate surface area is 96.4 Å². The minimum atomic E-state index is -0.981. The molecular weight excluding hydrogens is 228 g/mol. The average Bonchev–Trinajstić information content (AvgIpc) is 2.26. The number of nitrogen functional groups attached to an aromatic ring is 1. The van der Waals surface area contributed by atoms with E-state index in [9.17, 15) is 19.7 Å². The summed E-state index contributed by atoms with van der Waals surface area (Å²) in [7, 11) is 1.19. The van der Waals surface area contributed by atoms with Gasteiger partial charge in [-0.15, -0.1) is 0 Å². The van der Waals surface area contributed by atoms with Crippen LogP contribution in [0, 0.1) is 10.1 Å². The topological polar surface area (TPSA) is 113 Å². The van der Waals surface area contributed by atoms with E-state index in [4.69, 9.17) is 5.73 Å². The molecule has 1 aromatic rings. The van der Waals surface area contributed by atoms with Gasteiger partial charge in [0, 0.05) is 13.6 Å². The Balaban J connectivity index is 3.56. The van der Waals surface area contributed by atoms with E-state index in [0.29, 0.717) is 11.0 Å². The van der Waals surface area contributed by atoms with Gasteiger partial charge in [0.05, 0.1) is 4.92 Å². The van der Waals surface area contributed by atoms with Crippen molar-refractivity contribution in [2.24, 2.45) is 7.05 Å². The Bertz CT molecular complexity index is 557. The summed E-state index contributed by atoms with van der Waals surface area (Å²) in [5, 5.41) is 10.7. The fourth-order valence-electron chi connectivity index (χ4n) is 1.47. The van der Waals surface area contributed by atoms with Gasteiger partial charge in [0.15, 0.2) is 5.82 Å². The zero-order valence-corrected chi connectivity index (χ0v) is 9.67. The summed E-state index contributed by atoms with van der Waals surface area (Å²) >= 11 is 0. The van der Waals surface area contributed by atoms with E-state index in [0.717, 1.165) is 11.0 Å². The van der Waals surface area contributed by atoms with Crippen LogP contribution in [0.5, 0.6) is 0 Å². The Hall–Kier alpha value is -2.12. The summed E-state index contributed by atoms with van der Waals surface area (Å²) in [4.78, 5) is 33.1. The van der Waals surface area contributed by atoms with Gasteiger partial charge in [0.1, 0.15) is 0 Å². The summed E-state index contributed by atoms with van der Waals surface area (Å²) in [5.41, 5.74) is 3.14. The van der Waals surface area contributed by atoms with E-state index >= 15 is 0 Å². The predicted octanol–water partition coefficient (Wildman–Crippen LogP) is -0.163. The first kappa shape index (κ1) is 12.9. The third-order valence-electron chi connectivity index (χ3n) is 2.48. The first-order chi connectivity index (χ1) is 7.91. The standard InChI is InChI=1S/C9H14N4O4/c1-3-4-5-12-7(10)6(13(16)17)8(14)11(2)9(12)15/h3-5,10H2,1-2H3. The van der Waals surface area contributed by atoms with Gasteiger partial charge in [-0.05, 0) is 6.42 Å². The molecule has 0 fully saturated rings. The highest BCUT2D eigenvalue weighted by atomic mass is 16.6. The number of nitrogens with zero attached hydrogens (tertiary/aromatic N) is 3. The van der Waals surface area contributed by atoms with Gasteiger partial charge in [-0.1, -0.05) is 13.3 Å². The van der Waals surface area contributed by atoms with Crippen LogP contribution in [0.4, 0.5) is 11.5 Å². The molecule has 0 unspecified atom stereocenters. The summed E-state index contributed by atoms with van der Waals surface area (Å²) in [5.74, 6) is -0.378. The lowest BCUT2D eigenvalue weighted by Crippen LogP contribution is -2.40. The Kier molecular flexibility index (Phi) is 3.66. The normalized spacial score (nSPS) is 10.5. The molecule has 0 amide bonds. The van der Waals surface area contributed by atoms with Crippen molar-refractivity contribution < 1.29 is 4.92 Å². The summed E-state index contributed by atoms with van der Waals surface area (Å²) in [6.45, 7) is 2.17. The second-order valence-corrected chi connectivity index (χ2v) is 3.64. The minimum absolute atomic E-state index is 0.260. The highest BCUT2D eigenvalue weighted by Gasteiger charge is 2.24. The van der Waals surface area contributed by atoms with Crippen LogP contribution >= 0.6 is 0 Å². The van der Waals surface area contributed by atoms with Gasteiger partial charge >= 0.3 is 16.9 Å². The number of hydrogen-bond acceptors (Lipinski definition) is 5. The number of hydrogen-bond donors (Lipinski definition) is 1. The third kappa shape index (κ3) is 2.19. The van der Waals surface area contributed by atoms with E-state index in [1.54, 1.807) is 0 Å². The lowest BCUT2D eigenvalue weighted by atomic mass is 10.3. The van der Waals surface area contributed by atoms with Crippen LogP contribution in [0.25, 0.3) is 0 Å². The molecule has 0 atom stereocenters. The summed E-state index contributed by atoms with van der Waals surface area (Å²) in [6, 6.07) is 0. The number of nitrogens with two attached hydrogens (primary N) is 1. The van der Waals surface area contributed by atoms with Crippen LogP contribution in [0.15, 0.2) is 9.59 Å². The van der Waals surface area contributed by atoms with Crippen molar-refractivity contribution in [1.82, 2.24) is 9.13 Å². The Morgan fingerprint density at radius 1 is 1.41 bits per heavy atom. The number of rotatable bonds is 4. The number of aromatic nitrogens is 2. The molecule has 0 aliphatic carbocycles. The molecule has 8 nitrogen and oxygen atoms in total. The smallest absolute Gasteiger partial charge is 0.374 e. The Morgan fingerprint density at radius 3 is 2.47 bits per heavy atom. The zero-order valence-electron chi connectivity index (χ0n) is 9.67. The first-order valence-electron chi connectivity index (χ1n) is 5.15. The largest absolute Gasteiger partial charge is 0.379 e. The van der Waals surface area contributed by atoms with Crippen LogP contribution in [0.1, 0.15) is 19.8 Å². The third-order valence-corrected chi connectivity index (χ3v) is 2.48. The molecule has 0 aromatic carbocycles. The quantitative estimate of drug-likeness (QED) is 0.582. The molecule has 1 rings (SSSR count). The molecule has 0 aliphatic heterocycles. The average molecular weight is 242 g/mol. The molecule has 2 N–H and O–H groups in total. The Morgan fingerprint density at radius 2 is 2.00 bits per heavy atom. The molecule has 0 saturated heterocycles. The van der Waals surface area contributed by atoms with Gasteiger partial charge < -0.3 is 5.73 Å². The van der Waals surface area contributed by atoms with Gasteiger partial charge in [0.2, 0.25) is 0 Å². The number of anilines is 1. The van der Waals surface area contributed by atoms with E-state index in [-0.39, 0.29) is 12.4 Å². The molecule has 8 heteroatoms. The summed E-state index contributed by atoms with van der Waals surface area (Å²) < 4.78 is 1.76. The van der Waals surface area contributed by atoms with Gasteiger partial charge in [-0.25, -0.2) is 4.79 Å². The van der Waals surface area contributed by atoms with Crippen LogP contribution in [-0.2, 0) is 13.6 Å². The van der Waals surface area contributed by atoms with Crippen LogP contribution in [0.2, 0.25) is 0 Å². The maximum absolute atomic E-state index is 11.7. The lowest BCUT2D eigenvalue weighted by molar-refractivity contribution is -0.386. The van der Waals surface area contributed by atoms with Gasteiger partial charge in [-0.2, -0.15) is 0 Å². The van der Waals surface area contributed by atoms with E-state index in [1.165, 1.54) is 7.05 Å². The SMILES string of the molecule is CCCCn1c(N)c([N+](=O)[O-])c(=O)n(C)c1=O. The number of nitro groups is 1. The molecule has 0 spiro atoms. The van der Waals surface area contributed by atoms with Crippen molar-refractivity contribution in [1.29, 1.82) is 0 Å². The van der Waals surface area contributed by atoms with E-state index in [2.05, 4.69) is 0 Å². The molecule has 0 bridgehead atoms. The predicted molar refractivity (Wildman–Crippen MR) is 61.9 cm³/mol. The fourth-order valence-corrected chi connectivity index (χ4v) is 1.47. The van der Waals surface area contributed by atoms with Crippen LogP contribution < -0.4 is 17.0 Å². The second-order valence-electron chi connectivity index (χ2n) is 3.64. The van der Waals surface area contributed by atoms with Crippen molar-refractivity contribution in [3.05, 3.63) is 31.0 Å². The molecular formula is C9H14N4O4. The molecule has 0 aliphatic rings. The maximum atomic E-state index is 11.7. The van der Waals surface area contributed by atoms with Crippen molar-refractivity contribution in [2.75, 3.05) is 5.73 Å². The number of unbranched alkanes of at least 4 members (excludes halogenated alkanes) is 1. The highest BCUT2D eigenvalue weighted by molar-refractivity contribution is 5.50. The van der Waals surface area contributed by atoms with E-state index < -0.39 is 21.9 Å². The molecule has 1 heterocycles. The van der Waals surface area contributed by atoms with E-state index in [1.807, 2.05) is 6.92 Å². The van der Waals surface area contributed by atoms with Crippen LogP contribution in [0.3, 0.4) is 0 Å². The first-order valence-corrected chi connectivity index (χ1v) is 5.15. The van der Waals surface area contributed by atoms with Crippen molar-refractivity contribution >= 4 is 11.5 Å². The molecule has 0 radical (unpaired) electrons. The lowest BCUT2D eigenvalue weighted by Gasteiger charge is -2.10. The minimum Gasteiger partial charge on any atom is -0.379 e. The second kappa shape index (κ2) is 4.81. The van der Waals surface area contributed by atoms with Crippen molar-refractivity contribution in [3.8, 4) is 0 Å². The van der Waals surface area contributed by atoms with Gasteiger partial charge in [0.25, 0.3) is 0 Å². The van der Waals surface area contributed by atoms with Gasteiger partial charge in [-0.3, -0.25) is 24.0 Å². The monoisotopic (exact) mass is 242 g/mol. The van der Waals surface area contributed by atoms with Crippen molar-refractivity contribution in [2.45, 2.75) is 26.3 Å². The van der Waals surface area contributed by atoms with Crippen LogP contribution in [-0.4, -0.2) is 14.1 Å². The van der Waals surface area contributed by atoms with Crippen molar-refractivity contribution in [3.63, 3.8) is 0 Å². The molecule has 17 heavy (non-hydrogen) atoms. The maximum Gasteiger partial charge on any atom is 0.374 e. The molecule has 1 aromatic heterocycles. The zero-order chi connectivity index (χ0) is 13.2. The molecule has 94 valence electrons. The fraction of sp³-hybridized carbons (Fsp3) is 0.556.